The molecule has 0 spiro atoms. The zero-order valence-electron chi connectivity index (χ0n) is 14.3. The van der Waals surface area contributed by atoms with Crippen LogP contribution in [-0.2, 0) is 17.8 Å². The molecular weight excluding hydrogens is 384 g/mol. The summed E-state index contributed by atoms with van der Waals surface area (Å²) in [4.78, 5) is 23.6. The Labute approximate surface area is 156 Å². The average molecular weight is 407 g/mol. The normalized spacial score (nSPS) is 10.5. The van der Waals surface area contributed by atoms with Crippen LogP contribution in [0.2, 0.25) is 0 Å². The molecule has 0 bridgehead atoms. The SMILES string of the molecule is CCOc1ccc(CC(=O)NCCCCn2cc(Br)ccc2=O)cc1. The molecule has 0 radical (unpaired) electrons. The minimum atomic E-state index is -0.0114. The molecular formula is C19H23BrN2O3. The third-order valence-electron chi connectivity index (χ3n) is 3.69. The lowest BCUT2D eigenvalue weighted by Crippen LogP contribution is -2.26. The average Bonchev–Trinajstić information content (AvgIpc) is 2.59. The van der Waals surface area contributed by atoms with Crippen LogP contribution in [0.3, 0.4) is 0 Å². The Morgan fingerprint density at radius 2 is 1.92 bits per heavy atom. The van der Waals surface area contributed by atoms with E-state index in [1.165, 1.54) is 0 Å². The third kappa shape index (κ3) is 6.74. The van der Waals surface area contributed by atoms with Crippen molar-refractivity contribution in [1.82, 2.24) is 9.88 Å². The Kier molecular flexibility index (Phi) is 7.73. The van der Waals surface area contributed by atoms with Crippen molar-refractivity contribution in [3.05, 3.63) is 63.0 Å². The quantitative estimate of drug-likeness (QED) is 0.650. The second-order valence-corrected chi connectivity index (χ2v) is 6.61. The number of hydrogen-bond acceptors (Lipinski definition) is 3. The molecule has 0 saturated heterocycles. The topological polar surface area (TPSA) is 60.3 Å². The van der Waals surface area contributed by atoms with Crippen LogP contribution in [0.4, 0.5) is 0 Å². The van der Waals surface area contributed by atoms with Crippen molar-refractivity contribution in [2.24, 2.45) is 0 Å². The molecule has 2 rings (SSSR count). The van der Waals surface area contributed by atoms with Gasteiger partial charge in [-0.05, 0) is 59.5 Å². The molecule has 5 nitrogen and oxygen atoms in total. The smallest absolute Gasteiger partial charge is 0.250 e. The second-order valence-electron chi connectivity index (χ2n) is 5.69. The molecule has 2 aromatic rings. The number of benzene rings is 1. The summed E-state index contributed by atoms with van der Waals surface area (Å²) in [6, 6.07) is 10.8. The van der Waals surface area contributed by atoms with Crippen molar-refractivity contribution in [3.63, 3.8) is 0 Å². The van der Waals surface area contributed by atoms with Crippen molar-refractivity contribution in [1.29, 1.82) is 0 Å². The van der Waals surface area contributed by atoms with Gasteiger partial charge in [0.05, 0.1) is 13.0 Å². The number of aryl methyl sites for hydroxylation is 1. The molecule has 1 aromatic carbocycles. The lowest BCUT2D eigenvalue weighted by Gasteiger charge is -2.08. The minimum absolute atomic E-state index is 0.00350. The second kappa shape index (κ2) is 10.0. The lowest BCUT2D eigenvalue weighted by atomic mass is 10.1. The molecule has 1 aromatic heterocycles. The third-order valence-corrected chi connectivity index (χ3v) is 4.16. The standard InChI is InChI=1S/C19H23BrN2O3/c1-2-25-17-8-5-15(6-9-17)13-18(23)21-11-3-4-12-22-14-16(20)7-10-19(22)24/h5-10,14H,2-4,11-13H2,1H3,(H,21,23). The summed E-state index contributed by atoms with van der Waals surface area (Å²) in [5.74, 6) is 0.818. The maximum absolute atomic E-state index is 12.0. The summed E-state index contributed by atoms with van der Waals surface area (Å²) in [5.41, 5.74) is 0.948. The number of nitrogens with zero attached hydrogens (tertiary/aromatic N) is 1. The first-order valence-corrected chi connectivity index (χ1v) is 9.22. The van der Waals surface area contributed by atoms with E-state index < -0.39 is 0 Å². The van der Waals surface area contributed by atoms with Crippen LogP contribution >= 0.6 is 15.9 Å². The Balaban J connectivity index is 1.66. The summed E-state index contributed by atoms with van der Waals surface area (Å²) < 4.78 is 7.94. The van der Waals surface area contributed by atoms with Gasteiger partial charge >= 0.3 is 0 Å². The highest BCUT2D eigenvalue weighted by molar-refractivity contribution is 9.10. The molecule has 0 atom stereocenters. The largest absolute Gasteiger partial charge is 0.494 e. The van der Waals surface area contributed by atoms with Crippen LogP contribution in [0.25, 0.3) is 0 Å². The van der Waals surface area contributed by atoms with Crippen LogP contribution in [0.1, 0.15) is 25.3 Å². The summed E-state index contributed by atoms with van der Waals surface area (Å²) in [6.45, 7) is 3.83. The van der Waals surface area contributed by atoms with E-state index in [9.17, 15) is 9.59 Å². The minimum Gasteiger partial charge on any atom is -0.494 e. The van der Waals surface area contributed by atoms with E-state index in [0.717, 1.165) is 28.6 Å². The van der Waals surface area contributed by atoms with Crippen LogP contribution in [0, 0.1) is 0 Å². The molecule has 0 aliphatic rings. The Hall–Kier alpha value is -2.08. The summed E-state index contributed by atoms with van der Waals surface area (Å²) in [6.07, 6.45) is 3.80. The van der Waals surface area contributed by atoms with E-state index in [4.69, 9.17) is 4.74 Å². The van der Waals surface area contributed by atoms with E-state index in [1.807, 2.05) is 31.2 Å². The first-order valence-electron chi connectivity index (χ1n) is 8.43. The van der Waals surface area contributed by atoms with Gasteiger partial charge in [0, 0.05) is 29.8 Å². The van der Waals surface area contributed by atoms with Crippen molar-refractivity contribution in [2.75, 3.05) is 13.2 Å². The number of hydrogen-bond donors (Lipinski definition) is 1. The van der Waals surface area contributed by atoms with Crippen LogP contribution in [0.15, 0.2) is 51.9 Å². The maximum Gasteiger partial charge on any atom is 0.250 e. The number of halogens is 1. The predicted octanol–water partition coefficient (Wildman–Crippen LogP) is 3.15. The number of unbranched alkanes of at least 4 members (excludes halogenated alkanes) is 1. The van der Waals surface area contributed by atoms with Gasteiger partial charge in [-0.25, -0.2) is 0 Å². The first-order chi connectivity index (χ1) is 12.1. The predicted molar refractivity (Wildman–Crippen MR) is 102 cm³/mol. The number of carbonyl (C=O) groups is 1. The number of amides is 1. The highest BCUT2D eigenvalue weighted by atomic mass is 79.9. The number of nitrogens with one attached hydrogen (secondary N) is 1. The number of aromatic nitrogens is 1. The highest BCUT2D eigenvalue weighted by Gasteiger charge is 2.03. The Bertz CT molecular complexity index is 741. The van der Waals surface area contributed by atoms with Crippen LogP contribution < -0.4 is 15.6 Å². The van der Waals surface area contributed by atoms with Gasteiger partial charge in [-0.15, -0.1) is 0 Å². The van der Waals surface area contributed by atoms with Gasteiger partial charge in [0.1, 0.15) is 5.75 Å². The fourth-order valence-electron chi connectivity index (χ4n) is 2.43. The number of ether oxygens (including phenoxy) is 1. The first kappa shape index (κ1) is 19.2. The summed E-state index contributed by atoms with van der Waals surface area (Å²) in [7, 11) is 0. The molecule has 1 N–H and O–H groups in total. The van der Waals surface area contributed by atoms with E-state index in [2.05, 4.69) is 21.2 Å². The zero-order valence-corrected chi connectivity index (χ0v) is 15.9. The molecule has 1 heterocycles. The van der Waals surface area contributed by atoms with E-state index in [-0.39, 0.29) is 11.5 Å². The molecule has 1 amide bonds. The molecule has 0 saturated carbocycles. The van der Waals surface area contributed by atoms with Gasteiger partial charge in [-0.1, -0.05) is 12.1 Å². The van der Waals surface area contributed by atoms with Gasteiger partial charge in [-0.2, -0.15) is 0 Å². The van der Waals surface area contributed by atoms with Gasteiger partial charge in [0.15, 0.2) is 0 Å². The van der Waals surface area contributed by atoms with Crippen molar-refractivity contribution >= 4 is 21.8 Å². The number of carbonyl (C=O) groups excluding carboxylic acids is 1. The van der Waals surface area contributed by atoms with Crippen LogP contribution in [0.5, 0.6) is 5.75 Å². The molecule has 0 aliphatic carbocycles. The van der Waals surface area contributed by atoms with Crippen LogP contribution in [-0.4, -0.2) is 23.6 Å². The fraction of sp³-hybridized carbons (Fsp3) is 0.368. The summed E-state index contributed by atoms with van der Waals surface area (Å²) >= 11 is 3.36. The Morgan fingerprint density at radius 3 is 2.64 bits per heavy atom. The molecule has 134 valence electrons. The van der Waals surface area contributed by atoms with Gasteiger partial charge in [-0.3, -0.25) is 9.59 Å². The van der Waals surface area contributed by atoms with Crippen molar-refractivity contribution < 1.29 is 9.53 Å². The summed E-state index contributed by atoms with van der Waals surface area (Å²) in [5, 5.41) is 2.92. The Morgan fingerprint density at radius 1 is 1.16 bits per heavy atom. The van der Waals surface area contributed by atoms with Gasteiger partial charge < -0.3 is 14.6 Å². The molecule has 25 heavy (non-hydrogen) atoms. The highest BCUT2D eigenvalue weighted by Crippen LogP contribution is 2.12. The molecule has 0 fully saturated rings. The molecule has 0 unspecified atom stereocenters. The monoisotopic (exact) mass is 406 g/mol. The maximum atomic E-state index is 12.0. The van der Waals surface area contributed by atoms with Crippen molar-refractivity contribution in [2.45, 2.75) is 32.7 Å². The molecule has 6 heteroatoms. The van der Waals surface area contributed by atoms with E-state index in [0.29, 0.717) is 26.1 Å². The lowest BCUT2D eigenvalue weighted by molar-refractivity contribution is -0.120. The number of pyridine rings is 1. The van der Waals surface area contributed by atoms with E-state index in [1.54, 1.807) is 22.9 Å². The van der Waals surface area contributed by atoms with E-state index >= 15 is 0 Å². The van der Waals surface area contributed by atoms with Gasteiger partial charge in [0.25, 0.3) is 5.56 Å². The fourth-order valence-corrected chi connectivity index (χ4v) is 2.81. The number of rotatable bonds is 9. The molecule has 0 aliphatic heterocycles. The van der Waals surface area contributed by atoms with Crippen molar-refractivity contribution in [3.8, 4) is 5.75 Å². The zero-order chi connectivity index (χ0) is 18.1. The van der Waals surface area contributed by atoms with Gasteiger partial charge in [0.2, 0.25) is 5.91 Å².